The Morgan fingerprint density at radius 3 is 2.27 bits per heavy atom. The van der Waals surface area contributed by atoms with E-state index in [1.165, 1.54) is 16.4 Å². The van der Waals surface area contributed by atoms with E-state index in [-0.39, 0.29) is 17.1 Å². The lowest BCUT2D eigenvalue weighted by Gasteiger charge is -2.27. The number of nitrogens with one attached hydrogen (secondary N) is 1. The Kier molecular flexibility index (Phi) is 7.44. The summed E-state index contributed by atoms with van der Waals surface area (Å²) in [5, 5.41) is 2.30. The number of anilines is 2. The summed E-state index contributed by atoms with van der Waals surface area (Å²) in [6.07, 6.45) is 0. The predicted octanol–water partition coefficient (Wildman–Crippen LogP) is 6.09. The van der Waals surface area contributed by atoms with E-state index in [1.54, 1.807) is 44.2 Å². The van der Waals surface area contributed by atoms with Crippen LogP contribution in [-0.2, 0) is 16.6 Å². The zero-order valence-electron chi connectivity index (χ0n) is 18.9. The number of carbonyl (C=O) groups excluding carboxylic acids is 1. The van der Waals surface area contributed by atoms with Crippen LogP contribution >= 0.6 is 11.6 Å². The summed E-state index contributed by atoms with van der Waals surface area (Å²) in [6.45, 7) is 7.36. The maximum Gasteiger partial charge on any atom is 0.258 e. The Hall–Kier alpha value is -2.90. The van der Waals surface area contributed by atoms with E-state index in [2.05, 4.69) is 5.32 Å². The molecule has 0 aliphatic heterocycles. The monoisotopic (exact) mass is 488 g/mol. The maximum absolute atomic E-state index is 13.9. The van der Waals surface area contributed by atoms with Gasteiger partial charge in [0, 0.05) is 10.7 Å². The van der Waals surface area contributed by atoms with Gasteiger partial charge in [0.1, 0.15) is 5.82 Å². The van der Waals surface area contributed by atoms with Crippen LogP contribution in [0.25, 0.3) is 0 Å². The fourth-order valence-corrected chi connectivity index (χ4v) is 4.61. The van der Waals surface area contributed by atoms with Crippen LogP contribution in [0.5, 0.6) is 0 Å². The van der Waals surface area contributed by atoms with Crippen molar-refractivity contribution < 1.29 is 17.6 Å². The smallest absolute Gasteiger partial charge is 0.258 e. The molecule has 3 aromatic carbocycles. The first-order valence-corrected chi connectivity index (χ1v) is 12.3. The Bertz CT molecular complexity index is 1280. The van der Waals surface area contributed by atoms with Crippen molar-refractivity contribution in [1.82, 2.24) is 0 Å². The predicted molar refractivity (Wildman–Crippen MR) is 132 cm³/mol. The first-order valence-electron chi connectivity index (χ1n) is 10.4. The van der Waals surface area contributed by atoms with Crippen LogP contribution in [0.4, 0.5) is 15.8 Å². The van der Waals surface area contributed by atoms with Crippen LogP contribution in [0, 0.1) is 19.7 Å². The molecule has 0 bridgehead atoms. The highest BCUT2D eigenvalue weighted by molar-refractivity contribution is 7.93. The van der Waals surface area contributed by atoms with Gasteiger partial charge in [0.05, 0.1) is 23.0 Å². The second-order valence-electron chi connectivity index (χ2n) is 8.14. The molecule has 0 spiro atoms. The van der Waals surface area contributed by atoms with E-state index in [4.69, 9.17) is 11.6 Å². The summed E-state index contributed by atoms with van der Waals surface area (Å²) in [7, 11) is -3.58. The van der Waals surface area contributed by atoms with Crippen molar-refractivity contribution >= 4 is 38.9 Å². The molecule has 33 heavy (non-hydrogen) atoms. The molecule has 1 N–H and O–H groups in total. The summed E-state index contributed by atoms with van der Waals surface area (Å²) in [5.74, 6) is -1.29. The van der Waals surface area contributed by atoms with Crippen molar-refractivity contribution in [2.24, 2.45) is 0 Å². The number of aryl methyl sites for hydroxylation is 2. The first kappa shape index (κ1) is 24.7. The van der Waals surface area contributed by atoms with Crippen LogP contribution in [0.3, 0.4) is 0 Å². The largest absolute Gasteiger partial charge is 0.322 e. The van der Waals surface area contributed by atoms with Gasteiger partial charge in [-0.25, -0.2) is 12.8 Å². The molecular weight excluding hydrogens is 463 g/mol. The summed E-state index contributed by atoms with van der Waals surface area (Å²) in [4.78, 5) is 12.4. The van der Waals surface area contributed by atoms with E-state index in [0.717, 1.165) is 22.8 Å². The molecular formula is C25H26ClFN2O3S. The van der Waals surface area contributed by atoms with Gasteiger partial charge >= 0.3 is 0 Å². The molecule has 0 saturated heterocycles. The van der Waals surface area contributed by atoms with E-state index >= 15 is 0 Å². The van der Waals surface area contributed by atoms with Crippen molar-refractivity contribution in [3.63, 3.8) is 0 Å². The number of rotatable bonds is 7. The third kappa shape index (κ3) is 5.72. The van der Waals surface area contributed by atoms with E-state index in [9.17, 15) is 17.6 Å². The quantitative estimate of drug-likeness (QED) is 0.437. The molecule has 0 heterocycles. The van der Waals surface area contributed by atoms with Gasteiger partial charge in [-0.2, -0.15) is 0 Å². The standard InChI is InChI=1S/C25H26ClFN2O3S/c1-16(2)33(31,32)29(22-11-5-17(3)18(4)13-22)15-19-6-9-21(10-7-19)28-25(30)23-14-20(26)8-12-24(23)27/h5-14,16H,15H2,1-4H3,(H,28,30). The minimum atomic E-state index is -3.58. The number of sulfonamides is 1. The zero-order chi connectivity index (χ0) is 24.3. The number of hydrogen-bond acceptors (Lipinski definition) is 3. The highest BCUT2D eigenvalue weighted by Crippen LogP contribution is 2.26. The Morgan fingerprint density at radius 1 is 1.00 bits per heavy atom. The van der Waals surface area contributed by atoms with Crippen LogP contribution in [0.1, 0.15) is 40.9 Å². The summed E-state index contributed by atoms with van der Waals surface area (Å²) >= 11 is 5.86. The van der Waals surface area contributed by atoms with E-state index < -0.39 is 27.0 Å². The highest BCUT2D eigenvalue weighted by Gasteiger charge is 2.26. The molecule has 5 nitrogen and oxygen atoms in total. The number of halogens is 2. The molecule has 0 unspecified atom stereocenters. The van der Waals surface area contributed by atoms with Gasteiger partial charge in [-0.3, -0.25) is 9.10 Å². The Morgan fingerprint density at radius 2 is 1.67 bits per heavy atom. The van der Waals surface area contributed by atoms with Crippen molar-refractivity contribution in [3.8, 4) is 0 Å². The molecule has 0 fully saturated rings. The lowest BCUT2D eigenvalue weighted by Crippen LogP contribution is -2.36. The lowest BCUT2D eigenvalue weighted by molar-refractivity contribution is 0.102. The second-order valence-corrected chi connectivity index (χ2v) is 11.0. The van der Waals surface area contributed by atoms with Gasteiger partial charge in [-0.05, 0) is 86.8 Å². The van der Waals surface area contributed by atoms with Crippen molar-refractivity contribution in [3.05, 3.63) is 93.8 Å². The number of hydrogen-bond donors (Lipinski definition) is 1. The molecule has 0 aromatic heterocycles. The molecule has 0 aliphatic rings. The number of carbonyl (C=O) groups is 1. The van der Waals surface area contributed by atoms with Crippen LogP contribution < -0.4 is 9.62 Å². The molecule has 1 amide bonds. The van der Waals surface area contributed by atoms with Gasteiger partial charge in [0.25, 0.3) is 5.91 Å². The molecule has 0 atom stereocenters. The van der Waals surface area contributed by atoms with Gasteiger partial charge < -0.3 is 5.32 Å². The highest BCUT2D eigenvalue weighted by atomic mass is 35.5. The van der Waals surface area contributed by atoms with Gasteiger partial charge in [0.15, 0.2) is 0 Å². The number of amides is 1. The van der Waals surface area contributed by atoms with Crippen LogP contribution in [0.2, 0.25) is 5.02 Å². The molecule has 174 valence electrons. The van der Waals surface area contributed by atoms with E-state index in [0.29, 0.717) is 11.4 Å². The molecule has 8 heteroatoms. The average molecular weight is 489 g/mol. The topological polar surface area (TPSA) is 66.5 Å². The second kappa shape index (κ2) is 9.93. The van der Waals surface area contributed by atoms with Crippen molar-refractivity contribution in [1.29, 1.82) is 0 Å². The lowest BCUT2D eigenvalue weighted by atomic mass is 10.1. The van der Waals surface area contributed by atoms with Crippen molar-refractivity contribution in [2.45, 2.75) is 39.5 Å². The summed E-state index contributed by atoms with van der Waals surface area (Å²) < 4.78 is 41.5. The SMILES string of the molecule is Cc1ccc(N(Cc2ccc(NC(=O)c3cc(Cl)ccc3F)cc2)S(=O)(=O)C(C)C)cc1C. The maximum atomic E-state index is 13.9. The minimum absolute atomic E-state index is 0.139. The normalized spacial score (nSPS) is 11.5. The summed E-state index contributed by atoms with van der Waals surface area (Å²) in [5.41, 5.74) is 3.72. The molecule has 0 saturated carbocycles. The molecule has 0 aliphatic carbocycles. The summed E-state index contributed by atoms with van der Waals surface area (Å²) in [6, 6.07) is 16.1. The molecule has 0 radical (unpaired) electrons. The average Bonchev–Trinajstić information content (AvgIpc) is 2.76. The Balaban J connectivity index is 1.84. The van der Waals surface area contributed by atoms with Crippen LogP contribution in [-0.4, -0.2) is 19.6 Å². The third-order valence-electron chi connectivity index (χ3n) is 5.39. The Labute approximate surface area is 199 Å². The van der Waals surface area contributed by atoms with Crippen LogP contribution in [0.15, 0.2) is 60.7 Å². The fraction of sp³-hybridized carbons (Fsp3) is 0.240. The first-order chi connectivity index (χ1) is 15.5. The van der Waals surface area contributed by atoms with E-state index in [1.807, 2.05) is 26.0 Å². The van der Waals surface area contributed by atoms with Crippen molar-refractivity contribution in [2.75, 3.05) is 9.62 Å². The number of benzene rings is 3. The van der Waals surface area contributed by atoms with Gasteiger partial charge in [-0.15, -0.1) is 0 Å². The number of nitrogens with zero attached hydrogens (tertiary/aromatic N) is 1. The van der Waals surface area contributed by atoms with Gasteiger partial charge in [0.2, 0.25) is 10.0 Å². The molecule has 3 rings (SSSR count). The third-order valence-corrected chi connectivity index (χ3v) is 7.77. The fourth-order valence-electron chi connectivity index (χ4n) is 3.19. The zero-order valence-corrected chi connectivity index (χ0v) is 20.5. The van der Waals surface area contributed by atoms with Gasteiger partial charge in [-0.1, -0.05) is 29.8 Å². The molecule has 3 aromatic rings. The minimum Gasteiger partial charge on any atom is -0.322 e.